The minimum Gasteiger partial charge on any atom is -0.293 e. The largest absolute Gasteiger partial charge is 0.293 e. The first-order valence-electron chi connectivity index (χ1n) is 6.53. The second-order valence-corrected chi connectivity index (χ2v) is 6.47. The third kappa shape index (κ3) is 3.42. The summed E-state index contributed by atoms with van der Waals surface area (Å²) in [4.78, 5) is 12.9. The lowest BCUT2D eigenvalue weighted by molar-refractivity contribution is 0.102. The molecule has 0 spiro atoms. The van der Waals surface area contributed by atoms with E-state index >= 15 is 0 Å². The van der Waals surface area contributed by atoms with Crippen LogP contribution in [0.3, 0.4) is 0 Å². The van der Waals surface area contributed by atoms with Crippen molar-refractivity contribution >= 4 is 16.6 Å². The Morgan fingerprint density at radius 3 is 2.15 bits per heavy atom. The summed E-state index contributed by atoms with van der Waals surface area (Å²) < 4.78 is 12.3. The maximum Gasteiger partial charge on any atom is 0.175 e. The summed E-state index contributed by atoms with van der Waals surface area (Å²) in [6.07, 6.45) is 0. The summed E-state index contributed by atoms with van der Waals surface area (Å²) in [5, 5.41) is 0. The molecule has 0 aliphatic heterocycles. The Kier molecular flexibility index (Phi) is 4.50. The van der Waals surface area contributed by atoms with Crippen molar-refractivity contribution < 1.29 is 9.00 Å². The van der Waals surface area contributed by atoms with Gasteiger partial charge in [0.2, 0.25) is 0 Å². The topological polar surface area (TPSA) is 34.1 Å². The van der Waals surface area contributed by atoms with Crippen LogP contribution >= 0.6 is 0 Å². The van der Waals surface area contributed by atoms with Crippen molar-refractivity contribution in [3.05, 3.63) is 64.7 Å². The molecular formula is C17H18O2S. The summed E-state index contributed by atoms with van der Waals surface area (Å²) in [5.41, 5.74) is 3.83. The van der Waals surface area contributed by atoms with Crippen LogP contribution in [-0.2, 0) is 10.8 Å². The highest BCUT2D eigenvalue weighted by molar-refractivity contribution is 7.85. The molecule has 20 heavy (non-hydrogen) atoms. The van der Waals surface area contributed by atoms with Crippen LogP contribution in [0.5, 0.6) is 0 Å². The van der Waals surface area contributed by atoms with Gasteiger partial charge in [0.05, 0.1) is 16.6 Å². The minimum absolute atomic E-state index is 0.0347. The molecule has 0 saturated heterocycles. The van der Waals surface area contributed by atoms with Crippen molar-refractivity contribution in [3.8, 4) is 0 Å². The molecule has 104 valence electrons. The molecule has 0 aliphatic rings. The highest BCUT2D eigenvalue weighted by atomic mass is 32.2. The fourth-order valence-electron chi connectivity index (χ4n) is 2.07. The first-order valence-corrected chi connectivity index (χ1v) is 7.85. The molecule has 0 aromatic heterocycles. The number of carbonyl (C=O) groups excluding carboxylic acids is 1. The second-order valence-electron chi connectivity index (χ2n) is 5.05. The Balaban J connectivity index is 2.15. The summed E-state index contributed by atoms with van der Waals surface area (Å²) in [6, 6.07) is 13.1. The molecule has 0 heterocycles. The van der Waals surface area contributed by atoms with Gasteiger partial charge < -0.3 is 0 Å². The van der Waals surface area contributed by atoms with Gasteiger partial charge in [0.1, 0.15) is 0 Å². The van der Waals surface area contributed by atoms with Crippen LogP contribution in [0, 0.1) is 20.8 Å². The number of aryl methyl sites for hydroxylation is 3. The SMILES string of the molecule is Cc1ccc(C(=O)CS(=O)c2ccc(C)cc2C)cc1. The van der Waals surface area contributed by atoms with E-state index in [1.54, 1.807) is 12.1 Å². The Hall–Kier alpha value is -1.74. The van der Waals surface area contributed by atoms with E-state index in [1.807, 2.05) is 51.1 Å². The third-order valence-corrected chi connectivity index (χ3v) is 4.68. The van der Waals surface area contributed by atoms with Crippen molar-refractivity contribution in [2.45, 2.75) is 25.7 Å². The summed E-state index contributed by atoms with van der Waals surface area (Å²) >= 11 is 0. The average Bonchev–Trinajstić information content (AvgIpc) is 2.39. The minimum atomic E-state index is -1.29. The summed E-state index contributed by atoms with van der Waals surface area (Å²) in [5.74, 6) is -0.0456. The second kappa shape index (κ2) is 6.14. The molecule has 0 saturated carbocycles. The van der Waals surface area contributed by atoms with E-state index < -0.39 is 10.8 Å². The van der Waals surface area contributed by atoms with E-state index in [4.69, 9.17) is 0 Å². The number of ketones is 1. The lowest BCUT2D eigenvalue weighted by Gasteiger charge is -2.07. The lowest BCUT2D eigenvalue weighted by Crippen LogP contribution is -2.12. The fourth-order valence-corrected chi connectivity index (χ4v) is 3.27. The molecule has 2 nitrogen and oxygen atoms in total. The number of hydrogen-bond donors (Lipinski definition) is 0. The third-order valence-electron chi connectivity index (χ3n) is 3.21. The van der Waals surface area contributed by atoms with E-state index in [0.29, 0.717) is 5.56 Å². The van der Waals surface area contributed by atoms with Crippen molar-refractivity contribution in [2.75, 3.05) is 5.75 Å². The number of hydrogen-bond acceptors (Lipinski definition) is 2. The van der Waals surface area contributed by atoms with Crippen LogP contribution in [-0.4, -0.2) is 15.7 Å². The molecule has 0 N–H and O–H groups in total. The lowest BCUT2D eigenvalue weighted by atomic mass is 10.1. The van der Waals surface area contributed by atoms with Crippen molar-refractivity contribution in [1.29, 1.82) is 0 Å². The fraction of sp³-hybridized carbons (Fsp3) is 0.235. The van der Waals surface area contributed by atoms with Crippen LogP contribution in [0.1, 0.15) is 27.0 Å². The molecule has 0 radical (unpaired) electrons. The van der Waals surface area contributed by atoms with E-state index in [1.165, 1.54) is 0 Å². The van der Waals surface area contributed by atoms with Gasteiger partial charge in [-0.2, -0.15) is 0 Å². The van der Waals surface area contributed by atoms with E-state index in [9.17, 15) is 9.00 Å². The van der Waals surface area contributed by atoms with E-state index in [-0.39, 0.29) is 11.5 Å². The predicted octanol–water partition coefficient (Wildman–Crippen LogP) is 3.60. The molecule has 0 amide bonds. The van der Waals surface area contributed by atoms with Crippen LogP contribution in [0.4, 0.5) is 0 Å². The van der Waals surface area contributed by atoms with Gasteiger partial charge in [-0.1, -0.05) is 47.5 Å². The molecule has 1 atom stereocenters. The van der Waals surface area contributed by atoms with Crippen molar-refractivity contribution in [1.82, 2.24) is 0 Å². The molecule has 1 unspecified atom stereocenters. The molecule has 3 heteroatoms. The Bertz CT molecular complexity index is 657. The molecule has 0 bridgehead atoms. The van der Waals surface area contributed by atoms with Crippen molar-refractivity contribution in [3.63, 3.8) is 0 Å². The predicted molar refractivity (Wildman–Crippen MR) is 82.7 cm³/mol. The first kappa shape index (κ1) is 14.7. The zero-order valence-corrected chi connectivity index (χ0v) is 12.8. The average molecular weight is 286 g/mol. The highest BCUT2D eigenvalue weighted by Gasteiger charge is 2.14. The quantitative estimate of drug-likeness (QED) is 0.805. The van der Waals surface area contributed by atoms with Gasteiger partial charge in [-0.3, -0.25) is 9.00 Å². The Morgan fingerprint density at radius 2 is 1.55 bits per heavy atom. The smallest absolute Gasteiger partial charge is 0.175 e. The molecular weight excluding hydrogens is 268 g/mol. The van der Waals surface area contributed by atoms with Gasteiger partial charge in [-0.05, 0) is 32.4 Å². The van der Waals surface area contributed by atoms with Crippen LogP contribution < -0.4 is 0 Å². The first-order chi connectivity index (χ1) is 9.47. The maximum atomic E-state index is 12.3. The highest BCUT2D eigenvalue weighted by Crippen LogP contribution is 2.16. The molecule has 0 aliphatic carbocycles. The zero-order chi connectivity index (χ0) is 14.7. The van der Waals surface area contributed by atoms with Gasteiger partial charge in [-0.15, -0.1) is 0 Å². The van der Waals surface area contributed by atoms with Gasteiger partial charge >= 0.3 is 0 Å². The molecule has 0 fully saturated rings. The number of carbonyl (C=O) groups is 1. The van der Waals surface area contributed by atoms with Crippen LogP contribution in [0.2, 0.25) is 0 Å². The molecule has 2 aromatic carbocycles. The summed E-state index contributed by atoms with van der Waals surface area (Å²) in [7, 11) is -1.29. The Labute approximate surface area is 122 Å². The summed E-state index contributed by atoms with van der Waals surface area (Å²) in [6.45, 7) is 5.90. The maximum absolute atomic E-state index is 12.3. The number of rotatable bonds is 4. The van der Waals surface area contributed by atoms with Crippen molar-refractivity contribution in [2.24, 2.45) is 0 Å². The zero-order valence-electron chi connectivity index (χ0n) is 12.0. The van der Waals surface area contributed by atoms with Crippen LogP contribution in [0.25, 0.3) is 0 Å². The van der Waals surface area contributed by atoms with Gasteiger partial charge in [0, 0.05) is 10.5 Å². The van der Waals surface area contributed by atoms with E-state index in [2.05, 4.69) is 0 Å². The van der Waals surface area contributed by atoms with Gasteiger partial charge in [-0.25, -0.2) is 0 Å². The molecule has 2 rings (SSSR count). The molecule has 2 aromatic rings. The van der Waals surface area contributed by atoms with E-state index in [0.717, 1.165) is 21.6 Å². The monoisotopic (exact) mass is 286 g/mol. The number of benzene rings is 2. The normalized spacial score (nSPS) is 12.2. The Morgan fingerprint density at radius 1 is 0.950 bits per heavy atom. The van der Waals surface area contributed by atoms with Gasteiger partial charge in [0.25, 0.3) is 0 Å². The van der Waals surface area contributed by atoms with Gasteiger partial charge in [0.15, 0.2) is 5.78 Å². The number of Topliss-reactive ketones (excluding diaryl/α,β-unsaturated/α-hetero) is 1. The van der Waals surface area contributed by atoms with Crippen LogP contribution in [0.15, 0.2) is 47.4 Å². The standard InChI is InChI=1S/C17H18O2S/c1-12-4-7-15(8-5-12)16(18)11-20(19)17-9-6-13(2)10-14(17)3/h4-10H,11H2,1-3H3.